The molecule has 0 atom stereocenters. The van der Waals surface area contributed by atoms with Crippen LogP contribution < -0.4 is 17.0 Å². The number of nitrogens with two attached hydrogens (primary N) is 1. The highest BCUT2D eigenvalue weighted by Crippen LogP contribution is 2.35. The first-order valence-corrected chi connectivity index (χ1v) is 12.2. The number of nitrogen functional groups attached to an aromatic ring is 1. The van der Waals surface area contributed by atoms with Crippen LogP contribution >= 0.6 is 11.8 Å². The quantitative estimate of drug-likeness (QED) is 0.400. The lowest BCUT2D eigenvalue weighted by molar-refractivity contribution is 0.0444. The molecule has 9 nitrogen and oxygen atoms in total. The van der Waals surface area contributed by atoms with Gasteiger partial charge in [-0.3, -0.25) is 18.7 Å². The molecule has 1 saturated carbocycles. The van der Waals surface area contributed by atoms with E-state index in [1.807, 2.05) is 18.2 Å². The van der Waals surface area contributed by atoms with E-state index in [2.05, 4.69) is 0 Å². The van der Waals surface area contributed by atoms with Crippen molar-refractivity contribution in [3.63, 3.8) is 0 Å². The average molecular weight is 486 g/mol. The molecule has 0 amide bonds. The number of anilines is 1. The Kier molecular flexibility index (Phi) is 6.97. The Morgan fingerprint density at radius 3 is 2.56 bits per heavy atom. The summed E-state index contributed by atoms with van der Waals surface area (Å²) in [6.45, 7) is -0.706. The fraction of sp³-hybridized carbons (Fsp3) is 0.417. The molecule has 1 aliphatic rings. The van der Waals surface area contributed by atoms with E-state index >= 15 is 0 Å². The van der Waals surface area contributed by atoms with Crippen molar-refractivity contribution in [1.82, 2.24) is 9.13 Å². The molecule has 1 fully saturated rings. The van der Waals surface area contributed by atoms with Gasteiger partial charge in [0.25, 0.3) is 5.56 Å². The van der Waals surface area contributed by atoms with Gasteiger partial charge >= 0.3 is 11.7 Å². The average Bonchev–Trinajstić information content (AvgIpc) is 3.23. The summed E-state index contributed by atoms with van der Waals surface area (Å²) in [6.07, 6.45) is 6.01. The lowest BCUT2D eigenvalue weighted by Crippen LogP contribution is -2.42. The van der Waals surface area contributed by atoms with Crippen LogP contribution in [0.2, 0.25) is 0 Å². The van der Waals surface area contributed by atoms with E-state index in [1.54, 1.807) is 17.8 Å². The van der Waals surface area contributed by atoms with E-state index in [1.165, 1.54) is 33.4 Å². The maximum atomic E-state index is 12.9. The zero-order valence-corrected chi connectivity index (χ0v) is 20.0. The number of hydrogen-bond donors (Lipinski definition) is 1. The van der Waals surface area contributed by atoms with Crippen LogP contribution in [-0.4, -0.2) is 32.7 Å². The van der Waals surface area contributed by atoms with Crippen LogP contribution in [0.4, 0.5) is 5.82 Å². The number of aromatic nitrogens is 2. The zero-order valence-electron chi connectivity index (χ0n) is 19.2. The number of carbonyl (C=O) groups is 2. The highest BCUT2D eigenvalue weighted by Gasteiger charge is 2.26. The van der Waals surface area contributed by atoms with E-state index in [0.717, 1.165) is 32.9 Å². The van der Waals surface area contributed by atoms with Gasteiger partial charge in [-0.25, -0.2) is 9.59 Å². The number of Topliss-reactive ketones (excluding diaryl/α,β-unsaturated/α-hetero) is 1. The van der Waals surface area contributed by atoms with Gasteiger partial charge in [-0.1, -0.05) is 37.5 Å². The molecule has 2 aromatic heterocycles. The molecule has 0 aliphatic heterocycles. The fourth-order valence-electron chi connectivity index (χ4n) is 4.23. The first-order valence-electron chi connectivity index (χ1n) is 11.2. The molecule has 0 unspecified atom stereocenters. The highest BCUT2D eigenvalue weighted by molar-refractivity contribution is 7.99. The summed E-state index contributed by atoms with van der Waals surface area (Å²) in [5, 5.41) is 1.37. The molecule has 10 heteroatoms. The molecule has 2 heterocycles. The van der Waals surface area contributed by atoms with Crippen LogP contribution in [0.5, 0.6) is 0 Å². The summed E-state index contributed by atoms with van der Waals surface area (Å²) in [6, 6.07) is 7.37. The summed E-state index contributed by atoms with van der Waals surface area (Å²) >= 11 is 1.80. The molecule has 3 aromatic rings. The Labute approximate surface area is 199 Å². The Hall–Kier alpha value is -3.27. The molecule has 2 N–H and O–H groups in total. The van der Waals surface area contributed by atoms with E-state index < -0.39 is 35.2 Å². The van der Waals surface area contributed by atoms with E-state index in [-0.39, 0.29) is 11.6 Å². The number of ether oxygens (including phenoxy) is 1. The van der Waals surface area contributed by atoms with Crippen molar-refractivity contribution < 1.29 is 18.7 Å². The summed E-state index contributed by atoms with van der Waals surface area (Å²) in [7, 11) is 2.60. The maximum absolute atomic E-state index is 12.9. The van der Waals surface area contributed by atoms with Crippen molar-refractivity contribution >= 4 is 40.3 Å². The zero-order chi connectivity index (χ0) is 24.4. The number of thioether (sulfide) groups is 1. The topological polar surface area (TPSA) is 127 Å². The van der Waals surface area contributed by atoms with Gasteiger partial charge in [0.15, 0.2) is 6.61 Å². The van der Waals surface area contributed by atoms with Crippen molar-refractivity contribution in [2.45, 2.75) is 43.1 Å². The van der Waals surface area contributed by atoms with Crippen LogP contribution in [-0.2, 0) is 24.6 Å². The predicted molar refractivity (Wildman–Crippen MR) is 130 cm³/mol. The van der Waals surface area contributed by atoms with Crippen LogP contribution in [0.3, 0.4) is 0 Å². The van der Waals surface area contributed by atoms with Gasteiger partial charge in [0.1, 0.15) is 17.0 Å². The van der Waals surface area contributed by atoms with E-state index in [4.69, 9.17) is 14.9 Å². The number of rotatable bonds is 7. The second-order valence-corrected chi connectivity index (χ2v) is 9.73. The van der Waals surface area contributed by atoms with Crippen molar-refractivity contribution in [3.8, 4) is 0 Å². The van der Waals surface area contributed by atoms with E-state index in [9.17, 15) is 19.2 Å². The number of benzene rings is 1. The van der Waals surface area contributed by atoms with Gasteiger partial charge in [-0.2, -0.15) is 11.8 Å². The third-order valence-electron chi connectivity index (χ3n) is 6.22. The van der Waals surface area contributed by atoms with Gasteiger partial charge in [0, 0.05) is 36.0 Å². The lowest BCUT2D eigenvalue weighted by atomic mass is 10.0. The number of esters is 1. The maximum Gasteiger partial charge on any atom is 0.375 e. The molecule has 0 radical (unpaired) electrons. The molecule has 0 bridgehead atoms. The molecule has 1 aromatic carbocycles. The molecular formula is C24H27N3O6S. The molecule has 4 rings (SSSR count). The van der Waals surface area contributed by atoms with Gasteiger partial charge in [-0.05, 0) is 18.9 Å². The smallest absolute Gasteiger partial charge is 0.375 e. The van der Waals surface area contributed by atoms with Crippen molar-refractivity contribution in [1.29, 1.82) is 0 Å². The lowest BCUT2D eigenvalue weighted by Gasteiger charge is -2.20. The van der Waals surface area contributed by atoms with Crippen LogP contribution in [0.1, 0.15) is 58.6 Å². The van der Waals surface area contributed by atoms with Gasteiger partial charge in [0.05, 0.1) is 0 Å². The molecular weight excluding hydrogens is 458 g/mol. The molecule has 180 valence electrons. The normalized spacial score (nSPS) is 14.4. The summed E-state index contributed by atoms with van der Waals surface area (Å²) in [5.41, 5.74) is 5.24. The summed E-state index contributed by atoms with van der Waals surface area (Å²) < 4.78 is 12.8. The number of ketones is 1. The van der Waals surface area contributed by atoms with Crippen molar-refractivity contribution in [2.24, 2.45) is 14.1 Å². The first kappa shape index (κ1) is 23.9. The monoisotopic (exact) mass is 485 g/mol. The number of fused-ring (bicyclic) bond motifs is 1. The SMILES string of the molecule is Cn1c(N)c(C(=O)COC(=O)c2oc3ccccc3c2CSC2CCCCC2)c(=O)n(C)c1=O. The van der Waals surface area contributed by atoms with Crippen molar-refractivity contribution in [3.05, 3.63) is 62.0 Å². The summed E-state index contributed by atoms with van der Waals surface area (Å²) in [4.78, 5) is 50.0. The third kappa shape index (κ3) is 4.54. The highest BCUT2D eigenvalue weighted by atomic mass is 32.2. The number of hydrogen-bond acceptors (Lipinski definition) is 8. The molecule has 1 aliphatic carbocycles. The molecule has 0 saturated heterocycles. The third-order valence-corrected chi connectivity index (χ3v) is 7.62. The second-order valence-electron chi connectivity index (χ2n) is 8.44. The van der Waals surface area contributed by atoms with Crippen molar-refractivity contribution in [2.75, 3.05) is 12.3 Å². The minimum absolute atomic E-state index is 0.0543. The van der Waals surface area contributed by atoms with Gasteiger partial charge in [0.2, 0.25) is 11.5 Å². The number of nitrogens with zero attached hydrogens (tertiary/aromatic N) is 2. The molecule has 0 spiro atoms. The molecule has 34 heavy (non-hydrogen) atoms. The van der Waals surface area contributed by atoms with Gasteiger partial charge in [-0.15, -0.1) is 0 Å². The fourth-order valence-corrected chi connectivity index (χ4v) is 5.59. The van der Waals surface area contributed by atoms with Crippen LogP contribution in [0.15, 0.2) is 38.3 Å². The second kappa shape index (κ2) is 9.92. The summed E-state index contributed by atoms with van der Waals surface area (Å²) in [5.74, 6) is -1.21. The Balaban J connectivity index is 1.55. The Bertz CT molecular complexity index is 1360. The Morgan fingerprint density at radius 2 is 1.82 bits per heavy atom. The number of para-hydroxylation sites is 1. The number of carbonyl (C=O) groups excluding carboxylic acids is 2. The standard InChI is InChI=1S/C24H27N3O6S/c1-26-21(25)19(22(29)27(2)24(26)31)17(28)12-32-23(30)20-16(13-34-14-8-4-3-5-9-14)15-10-6-7-11-18(15)33-20/h6-7,10-11,14H,3-5,8-9,12-13,25H2,1-2H3. The predicted octanol–water partition coefficient (Wildman–Crippen LogP) is 3.02. The first-order chi connectivity index (χ1) is 16.3. The Morgan fingerprint density at radius 1 is 1.12 bits per heavy atom. The minimum atomic E-state index is -0.838. The largest absolute Gasteiger partial charge is 0.451 e. The van der Waals surface area contributed by atoms with E-state index in [0.29, 0.717) is 16.6 Å². The van der Waals surface area contributed by atoms with Crippen LogP contribution in [0.25, 0.3) is 11.0 Å². The minimum Gasteiger partial charge on any atom is -0.451 e. The van der Waals surface area contributed by atoms with Gasteiger partial charge < -0.3 is 14.9 Å². The van der Waals surface area contributed by atoms with Crippen LogP contribution in [0, 0.1) is 0 Å². The number of furan rings is 1.